The predicted molar refractivity (Wildman–Crippen MR) is 64.3 cm³/mol. The predicted octanol–water partition coefficient (Wildman–Crippen LogP) is 0.871. The van der Waals surface area contributed by atoms with Crippen LogP contribution in [0, 0.1) is 5.92 Å². The zero-order valence-corrected chi connectivity index (χ0v) is 10.5. The number of rotatable bonds is 6. The zero-order valence-electron chi connectivity index (χ0n) is 10.5. The third-order valence-corrected chi connectivity index (χ3v) is 3.02. The molecule has 1 aliphatic rings. The van der Waals surface area contributed by atoms with E-state index in [-0.39, 0.29) is 5.91 Å². The number of hydrogen-bond donors (Lipinski definition) is 1. The highest BCUT2D eigenvalue weighted by Gasteiger charge is 2.22. The second kappa shape index (κ2) is 7.63. The molecule has 1 saturated heterocycles. The van der Waals surface area contributed by atoms with Crippen molar-refractivity contribution in [2.24, 2.45) is 5.92 Å². The van der Waals surface area contributed by atoms with Crippen LogP contribution in [0.25, 0.3) is 0 Å². The lowest BCUT2D eigenvalue weighted by molar-refractivity contribution is -0.133. The van der Waals surface area contributed by atoms with Crippen molar-refractivity contribution in [1.82, 2.24) is 10.2 Å². The van der Waals surface area contributed by atoms with Gasteiger partial charge in [0.25, 0.3) is 0 Å². The van der Waals surface area contributed by atoms with Crippen molar-refractivity contribution in [3.8, 4) is 0 Å². The van der Waals surface area contributed by atoms with E-state index in [1.165, 1.54) is 6.42 Å². The maximum Gasteiger partial charge on any atom is 0.223 e. The fourth-order valence-electron chi connectivity index (χ4n) is 2.10. The number of ether oxygens (including phenoxy) is 1. The number of likely N-dealkylation sites (tertiary alicyclic amines) is 1. The Labute approximate surface area is 98.3 Å². The topological polar surface area (TPSA) is 41.6 Å². The van der Waals surface area contributed by atoms with E-state index < -0.39 is 0 Å². The Morgan fingerprint density at radius 3 is 3.06 bits per heavy atom. The molecule has 1 unspecified atom stereocenters. The molecule has 0 saturated carbocycles. The van der Waals surface area contributed by atoms with E-state index in [1.807, 2.05) is 18.9 Å². The molecule has 1 heterocycles. The molecule has 0 spiro atoms. The normalized spacial score (nSPS) is 21.1. The summed E-state index contributed by atoms with van der Waals surface area (Å²) >= 11 is 0. The minimum atomic E-state index is 0.274. The second-order valence-corrected chi connectivity index (χ2v) is 4.36. The van der Waals surface area contributed by atoms with Crippen LogP contribution >= 0.6 is 0 Å². The Kier molecular flexibility index (Phi) is 6.42. The molecule has 1 fully saturated rings. The van der Waals surface area contributed by atoms with Crippen LogP contribution in [0.2, 0.25) is 0 Å². The van der Waals surface area contributed by atoms with Crippen molar-refractivity contribution >= 4 is 5.91 Å². The van der Waals surface area contributed by atoms with Gasteiger partial charge in [0.1, 0.15) is 0 Å². The van der Waals surface area contributed by atoms with E-state index in [1.54, 1.807) is 0 Å². The van der Waals surface area contributed by atoms with Gasteiger partial charge in [-0.25, -0.2) is 0 Å². The highest BCUT2D eigenvalue weighted by atomic mass is 16.5. The summed E-state index contributed by atoms with van der Waals surface area (Å²) in [4.78, 5) is 13.8. The second-order valence-electron chi connectivity index (χ2n) is 4.36. The first-order chi connectivity index (χ1) is 7.77. The van der Waals surface area contributed by atoms with Gasteiger partial charge in [0, 0.05) is 32.7 Å². The molecule has 1 rings (SSSR count). The van der Waals surface area contributed by atoms with Gasteiger partial charge in [-0.1, -0.05) is 0 Å². The molecule has 1 N–H and O–H groups in total. The molecule has 4 nitrogen and oxygen atoms in total. The molecule has 0 radical (unpaired) electrons. The number of carbonyl (C=O) groups is 1. The van der Waals surface area contributed by atoms with Crippen LogP contribution in [0.4, 0.5) is 0 Å². The highest BCUT2D eigenvalue weighted by molar-refractivity contribution is 5.76. The molecule has 4 heteroatoms. The molecular weight excluding hydrogens is 204 g/mol. The average Bonchev–Trinajstić information content (AvgIpc) is 2.33. The number of nitrogens with zero attached hydrogens (tertiary/aromatic N) is 1. The molecule has 1 aliphatic heterocycles. The molecule has 0 bridgehead atoms. The summed E-state index contributed by atoms with van der Waals surface area (Å²) in [5.74, 6) is 0.808. The van der Waals surface area contributed by atoms with Gasteiger partial charge in [-0.2, -0.15) is 0 Å². The zero-order chi connectivity index (χ0) is 11.8. The fraction of sp³-hybridized carbons (Fsp3) is 0.917. The lowest BCUT2D eigenvalue weighted by Gasteiger charge is -2.32. The van der Waals surface area contributed by atoms with Crippen LogP contribution < -0.4 is 5.32 Å². The maximum absolute atomic E-state index is 11.8. The Hall–Kier alpha value is -0.610. The van der Waals surface area contributed by atoms with Crippen molar-refractivity contribution in [1.29, 1.82) is 0 Å². The first-order valence-electron chi connectivity index (χ1n) is 6.28. The van der Waals surface area contributed by atoms with Gasteiger partial charge in [-0.15, -0.1) is 0 Å². The monoisotopic (exact) mass is 228 g/mol. The fourth-order valence-corrected chi connectivity index (χ4v) is 2.10. The number of amides is 1. The summed E-state index contributed by atoms with van der Waals surface area (Å²) in [6, 6.07) is 0. The summed E-state index contributed by atoms with van der Waals surface area (Å²) in [6.07, 6.45) is 2.91. The Morgan fingerprint density at radius 2 is 2.38 bits per heavy atom. The lowest BCUT2D eigenvalue weighted by atomic mass is 9.99. The van der Waals surface area contributed by atoms with Crippen molar-refractivity contribution in [3.63, 3.8) is 0 Å². The van der Waals surface area contributed by atoms with E-state index in [2.05, 4.69) is 5.32 Å². The summed E-state index contributed by atoms with van der Waals surface area (Å²) < 4.78 is 5.43. The Morgan fingerprint density at radius 1 is 1.56 bits per heavy atom. The third kappa shape index (κ3) is 4.49. The lowest BCUT2D eigenvalue weighted by Crippen LogP contribution is -2.42. The summed E-state index contributed by atoms with van der Waals surface area (Å²) in [7, 11) is 1.88. The summed E-state index contributed by atoms with van der Waals surface area (Å²) in [5.41, 5.74) is 0. The number of piperidine rings is 1. The Bertz CT molecular complexity index is 209. The first kappa shape index (κ1) is 13.5. The number of nitrogens with one attached hydrogen (secondary N) is 1. The molecular formula is C12H24N2O2. The van der Waals surface area contributed by atoms with Gasteiger partial charge in [0.15, 0.2) is 0 Å². The number of hydrogen-bond acceptors (Lipinski definition) is 3. The van der Waals surface area contributed by atoms with Gasteiger partial charge in [-0.3, -0.25) is 4.79 Å². The minimum Gasteiger partial charge on any atom is -0.381 e. The van der Waals surface area contributed by atoms with E-state index >= 15 is 0 Å². The van der Waals surface area contributed by atoms with Gasteiger partial charge in [-0.05, 0) is 32.7 Å². The van der Waals surface area contributed by atoms with Crippen molar-refractivity contribution in [2.75, 3.05) is 39.9 Å². The van der Waals surface area contributed by atoms with Crippen LogP contribution in [0.5, 0.6) is 0 Å². The molecule has 0 aromatic heterocycles. The number of carbonyl (C=O) groups excluding carboxylic acids is 1. The van der Waals surface area contributed by atoms with E-state index in [0.29, 0.717) is 12.3 Å². The van der Waals surface area contributed by atoms with Crippen molar-refractivity contribution in [3.05, 3.63) is 0 Å². The van der Waals surface area contributed by atoms with E-state index in [4.69, 9.17) is 4.74 Å². The third-order valence-electron chi connectivity index (χ3n) is 3.02. The van der Waals surface area contributed by atoms with Crippen LogP contribution in [-0.4, -0.2) is 50.7 Å². The molecule has 1 amide bonds. The summed E-state index contributed by atoms with van der Waals surface area (Å²) in [6.45, 7) is 6.15. The molecule has 94 valence electrons. The molecule has 0 aromatic carbocycles. The maximum atomic E-state index is 11.8. The SMILES string of the molecule is CCOCC1CCCN(C(=O)CCNC)C1. The van der Waals surface area contributed by atoms with Gasteiger partial charge in [0.2, 0.25) is 5.91 Å². The van der Waals surface area contributed by atoms with E-state index in [0.717, 1.165) is 39.3 Å². The Balaban J connectivity index is 2.28. The van der Waals surface area contributed by atoms with Gasteiger partial charge in [0.05, 0.1) is 6.61 Å². The molecule has 16 heavy (non-hydrogen) atoms. The van der Waals surface area contributed by atoms with Crippen LogP contribution in [0.3, 0.4) is 0 Å². The van der Waals surface area contributed by atoms with Gasteiger partial charge < -0.3 is 15.0 Å². The molecule has 1 atom stereocenters. The summed E-state index contributed by atoms with van der Waals surface area (Å²) in [5, 5.41) is 3.01. The smallest absolute Gasteiger partial charge is 0.223 e. The largest absolute Gasteiger partial charge is 0.381 e. The quantitative estimate of drug-likeness (QED) is 0.733. The van der Waals surface area contributed by atoms with Gasteiger partial charge >= 0.3 is 0 Å². The van der Waals surface area contributed by atoms with Crippen LogP contribution in [0.15, 0.2) is 0 Å². The average molecular weight is 228 g/mol. The minimum absolute atomic E-state index is 0.274. The van der Waals surface area contributed by atoms with Crippen LogP contribution in [0.1, 0.15) is 26.2 Å². The first-order valence-corrected chi connectivity index (χ1v) is 6.28. The standard InChI is InChI=1S/C12H24N2O2/c1-3-16-10-11-5-4-8-14(9-11)12(15)6-7-13-2/h11,13H,3-10H2,1-2H3. The van der Waals surface area contributed by atoms with Crippen molar-refractivity contribution in [2.45, 2.75) is 26.2 Å². The van der Waals surface area contributed by atoms with Crippen molar-refractivity contribution < 1.29 is 9.53 Å². The molecule has 0 aliphatic carbocycles. The molecule has 0 aromatic rings. The van der Waals surface area contributed by atoms with Crippen LogP contribution in [-0.2, 0) is 9.53 Å². The van der Waals surface area contributed by atoms with E-state index in [9.17, 15) is 4.79 Å². The highest BCUT2D eigenvalue weighted by Crippen LogP contribution is 2.17.